The molecule has 142 valence electrons. The Balaban J connectivity index is 1.57. The van der Waals surface area contributed by atoms with Crippen LogP contribution in [0, 0.1) is 0 Å². The summed E-state index contributed by atoms with van der Waals surface area (Å²) in [4.78, 5) is 20.5. The minimum absolute atomic E-state index is 0.133. The number of pyridine rings is 1. The second-order valence-corrected chi connectivity index (χ2v) is 5.37. The minimum Gasteiger partial charge on any atom is -0.464 e. The molecular formula is C17H13F3N2O5. The van der Waals surface area contributed by atoms with Crippen LogP contribution >= 0.6 is 0 Å². The van der Waals surface area contributed by atoms with E-state index < -0.39 is 18.4 Å². The van der Waals surface area contributed by atoms with E-state index in [1.54, 1.807) is 0 Å². The number of methoxy groups -OCH3 is 1. The first kappa shape index (κ1) is 18.5. The van der Waals surface area contributed by atoms with Gasteiger partial charge in [0.15, 0.2) is 6.10 Å². The first-order chi connectivity index (χ1) is 12.8. The van der Waals surface area contributed by atoms with Crippen molar-refractivity contribution < 1.29 is 37.0 Å². The molecule has 0 amide bonds. The van der Waals surface area contributed by atoms with Crippen molar-refractivity contribution in [1.29, 1.82) is 0 Å². The number of esters is 1. The van der Waals surface area contributed by atoms with Gasteiger partial charge in [-0.25, -0.2) is 9.78 Å². The molecule has 27 heavy (non-hydrogen) atoms. The number of rotatable bonds is 4. The fourth-order valence-electron chi connectivity index (χ4n) is 2.28. The molecule has 0 radical (unpaired) electrons. The number of halogens is 3. The number of alkyl halides is 3. The van der Waals surface area contributed by atoms with Crippen molar-refractivity contribution in [2.24, 2.45) is 5.16 Å². The van der Waals surface area contributed by atoms with E-state index in [0.29, 0.717) is 11.3 Å². The van der Waals surface area contributed by atoms with Gasteiger partial charge in [-0.3, -0.25) is 0 Å². The number of hydrogen-bond donors (Lipinski definition) is 0. The van der Waals surface area contributed by atoms with Crippen molar-refractivity contribution >= 4 is 11.9 Å². The molecule has 2 aromatic rings. The Kier molecular flexibility index (Phi) is 5.15. The van der Waals surface area contributed by atoms with Crippen LogP contribution in [0.5, 0.6) is 11.5 Å². The lowest BCUT2D eigenvalue weighted by Crippen LogP contribution is -2.17. The van der Waals surface area contributed by atoms with Gasteiger partial charge < -0.3 is 19.0 Å². The summed E-state index contributed by atoms with van der Waals surface area (Å²) >= 11 is 0. The Bertz CT molecular complexity index is 835. The van der Waals surface area contributed by atoms with Gasteiger partial charge in [-0.1, -0.05) is 17.3 Å². The van der Waals surface area contributed by atoms with Crippen LogP contribution in [-0.4, -0.2) is 30.3 Å². The van der Waals surface area contributed by atoms with Crippen LogP contribution in [0.4, 0.5) is 13.2 Å². The molecule has 0 aliphatic carbocycles. The zero-order chi connectivity index (χ0) is 19.4. The van der Waals surface area contributed by atoms with Crippen LogP contribution < -0.4 is 9.47 Å². The molecule has 0 spiro atoms. The van der Waals surface area contributed by atoms with Crippen LogP contribution in [0.2, 0.25) is 0 Å². The third kappa shape index (κ3) is 4.87. The summed E-state index contributed by atoms with van der Waals surface area (Å²) in [6.45, 7) is 0. The smallest absolute Gasteiger partial charge is 0.464 e. The van der Waals surface area contributed by atoms with Crippen LogP contribution in [0.1, 0.15) is 28.6 Å². The van der Waals surface area contributed by atoms with Crippen LogP contribution in [0.3, 0.4) is 0 Å². The lowest BCUT2D eigenvalue weighted by Gasteiger charge is -2.11. The van der Waals surface area contributed by atoms with Gasteiger partial charge in [0.25, 0.3) is 0 Å². The number of aromatic nitrogens is 1. The molecule has 1 aromatic heterocycles. The van der Waals surface area contributed by atoms with Gasteiger partial charge in [-0.05, 0) is 29.8 Å². The summed E-state index contributed by atoms with van der Waals surface area (Å²) < 4.78 is 50.4. The fourth-order valence-corrected chi connectivity index (χ4v) is 2.28. The van der Waals surface area contributed by atoms with E-state index in [9.17, 15) is 18.0 Å². The highest BCUT2D eigenvalue weighted by Gasteiger charge is 2.31. The van der Waals surface area contributed by atoms with E-state index in [0.717, 1.165) is 0 Å². The standard InChI is InChI=1S/C17H13F3N2O5/c1-24-16(23)13-7-6-12(9-21-13)25-15-8-14(27-22-15)10-2-4-11(5-3-10)26-17(18,19)20/h2-7,9,14H,8H2,1H3/t14-/m0/s1. The number of carbonyl (C=O) groups is 1. The van der Waals surface area contributed by atoms with Crippen LogP contribution in [0.15, 0.2) is 47.8 Å². The Morgan fingerprint density at radius 3 is 2.44 bits per heavy atom. The SMILES string of the molecule is COC(=O)c1ccc(OC2=NO[C@H](c3ccc(OC(F)(F)F)cc3)C2)cn1. The molecular weight excluding hydrogens is 369 g/mol. The fraction of sp³-hybridized carbons (Fsp3) is 0.235. The maximum atomic E-state index is 12.2. The van der Waals surface area contributed by atoms with Crippen molar-refractivity contribution in [1.82, 2.24) is 4.98 Å². The summed E-state index contributed by atoms with van der Waals surface area (Å²) in [6, 6.07) is 8.27. The first-order valence-electron chi connectivity index (χ1n) is 7.64. The second kappa shape index (κ2) is 7.52. The quantitative estimate of drug-likeness (QED) is 0.752. The average molecular weight is 382 g/mol. The van der Waals surface area contributed by atoms with Gasteiger partial charge in [0.2, 0.25) is 5.90 Å². The predicted molar refractivity (Wildman–Crippen MR) is 85.2 cm³/mol. The molecule has 1 aromatic carbocycles. The number of hydrogen-bond acceptors (Lipinski definition) is 7. The average Bonchev–Trinajstić information content (AvgIpc) is 3.09. The van der Waals surface area contributed by atoms with Crippen molar-refractivity contribution in [3.63, 3.8) is 0 Å². The van der Waals surface area contributed by atoms with Gasteiger partial charge >= 0.3 is 12.3 Å². The molecule has 0 bridgehead atoms. The number of ether oxygens (including phenoxy) is 3. The Hall–Kier alpha value is -3.30. The van der Waals surface area contributed by atoms with Crippen molar-refractivity contribution in [2.75, 3.05) is 7.11 Å². The third-order valence-electron chi connectivity index (χ3n) is 3.49. The molecule has 3 rings (SSSR count). The highest BCUT2D eigenvalue weighted by molar-refractivity contribution is 5.87. The van der Waals surface area contributed by atoms with E-state index in [1.165, 1.54) is 49.7 Å². The molecule has 0 saturated carbocycles. The van der Waals surface area contributed by atoms with Gasteiger partial charge in [0.05, 0.1) is 19.7 Å². The molecule has 1 aliphatic rings. The molecule has 0 N–H and O–H groups in total. The first-order valence-corrected chi connectivity index (χ1v) is 7.64. The number of nitrogens with zero attached hydrogens (tertiary/aromatic N) is 2. The molecule has 0 saturated heterocycles. The van der Waals surface area contributed by atoms with Crippen LogP contribution in [-0.2, 0) is 9.57 Å². The molecule has 7 nitrogen and oxygen atoms in total. The normalized spacial score (nSPS) is 16.3. The number of oxime groups is 1. The van der Waals surface area contributed by atoms with E-state index in [1.807, 2.05) is 0 Å². The lowest BCUT2D eigenvalue weighted by atomic mass is 10.1. The zero-order valence-corrected chi connectivity index (χ0v) is 13.9. The van der Waals surface area contributed by atoms with E-state index in [-0.39, 0.29) is 23.8 Å². The second-order valence-electron chi connectivity index (χ2n) is 5.37. The van der Waals surface area contributed by atoms with Crippen LogP contribution in [0.25, 0.3) is 0 Å². The molecule has 1 atom stereocenters. The lowest BCUT2D eigenvalue weighted by molar-refractivity contribution is -0.274. The summed E-state index contributed by atoms with van der Waals surface area (Å²) in [7, 11) is 1.25. The molecule has 1 aliphatic heterocycles. The highest BCUT2D eigenvalue weighted by atomic mass is 19.4. The zero-order valence-electron chi connectivity index (χ0n) is 13.9. The summed E-state index contributed by atoms with van der Waals surface area (Å²) in [5, 5.41) is 3.81. The van der Waals surface area contributed by atoms with Gasteiger partial charge in [-0.2, -0.15) is 0 Å². The Labute approximate surface area is 151 Å². The molecule has 2 heterocycles. The molecule has 10 heteroatoms. The monoisotopic (exact) mass is 382 g/mol. The summed E-state index contributed by atoms with van der Waals surface area (Å²) in [5.41, 5.74) is 0.750. The summed E-state index contributed by atoms with van der Waals surface area (Å²) in [5.74, 6) is -0.276. The van der Waals surface area contributed by atoms with Gasteiger partial charge in [-0.15, -0.1) is 13.2 Å². The maximum absolute atomic E-state index is 12.2. The Morgan fingerprint density at radius 1 is 1.15 bits per heavy atom. The number of carbonyl (C=O) groups excluding carboxylic acids is 1. The Morgan fingerprint density at radius 2 is 1.85 bits per heavy atom. The van der Waals surface area contributed by atoms with Gasteiger partial charge in [0, 0.05) is 0 Å². The summed E-state index contributed by atoms with van der Waals surface area (Å²) in [6.07, 6.45) is -3.63. The van der Waals surface area contributed by atoms with E-state index in [2.05, 4.69) is 19.6 Å². The molecule has 0 fully saturated rings. The van der Waals surface area contributed by atoms with Crippen molar-refractivity contribution in [3.05, 3.63) is 53.9 Å². The van der Waals surface area contributed by atoms with Crippen molar-refractivity contribution in [2.45, 2.75) is 18.9 Å². The predicted octanol–water partition coefficient (Wildman–Crippen LogP) is 3.62. The topological polar surface area (TPSA) is 79.2 Å². The number of benzene rings is 1. The van der Waals surface area contributed by atoms with E-state index >= 15 is 0 Å². The molecule has 0 unspecified atom stereocenters. The highest BCUT2D eigenvalue weighted by Crippen LogP contribution is 2.30. The van der Waals surface area contributed by atoms with Gasteiger partial charge in [0.1, 0.15) is 17.2 Å². The maximum Gasteiger partial charge on any atom is 0.573 e. The third-order valence-corrected chi connectivity index (χ3v) is 3.49. The largest absolute Gasteiger partial charge is 0.573 e. The van der Waals surface area contributed by atoms with Crippen molar-refractivity contribution in [3.8, 4) is 11.5 Å². The van der Waals surface area contributed by atoms with E-state index in [4.69, 9.17) is 9.57 Å². The minimum atomic E-state index is -4.74.